The first-order valence-electron chi connectivity index (χ1n) is 5.11. The van der Waals surface area contributed by atoms with E-state index >= 15 is 0 Å². The molecule has 2 unspecified atom stereocenters. The number of imide groups is 1. The van der Waals surface area contributed by atoms with Crippen LogP contribution in [0.5, 0.6) is 0 Å². The van der Waals surface area contributed by atoms with Gasteiger partial charge in [0, 0.05) is 0 Å². The Morgan fingerprint density at radius 3 is 2.00 bits per heavy atom. The Bertz CT molecular complexity index is 376. The number of piperidine rings is 1. The number of carbonyl (C=O) groups is 2. The van der Waals surface area contributed by atoms with Crippen LogP contribution in [-0.2, 0) is 9.59 Å². The normalized spacial score (nSPS) is 32.6. The van der Waals surface area contributed by atoms with Gasteiger partial charge in [0.05, 0.1) is 11.8 Å². The number of rotatable bonds is 1. The zero-order valence-electron chi connectivity index (χ0n) is 9.50. The molecule has 2 rings (SSSR count). The van der Waals surface area contributed by atoms with Crippen molar-refractivity contribution in [2.24, 2.45) is 17.3 Å². The Kier molecular flexibility index (Phi) is 1.66. The molecule has 0 aromatic heterocycles. The van der Waals surface area contributed by atoms with Crippen LogP contribution in [0.25, 0.3) is 0 Å². The lowest BCUT2D eigenvalue weighted by atomic mass is 9.99. The number of terminal acetylenes is 1. The lowest BCUT2D eigenvalue weighted by Gasteiger charge is -2.31. The maximum Gasteiger partial charge on any atom is 0.234 e. The van der Waals surface area contributed by atoms with Gasteiger partial charge in [-0.2, -0.15) is 0 Å². The molecule has 2 aliphatic rings. The molecule has 2 atom stereocenters. The van der Waals surface area contributed by atoms with E-state index in [4.69, 9.17) is 6.42 Å². The molecule has 1 saturated carbocycles. The SMILES string of the molecule is C#CC(C)(C)N1C(=O)C2C(C1=O)C2(C)C. The van der Waals surface area contributed by atoms with Crippen molar-refractivity contribution in [2.45, 2.75) is 33.2 Å². The van der Waals surface area contributed by atoms with Crippen LogP contribution >= 0.6 is 0 Å². The fraction of sp³-hybridized carbons (Fsp3) is 0.667. The van der Waals surface area contributed by atoms with Crippen molar-refractivity contribution in [3.05, 3.63) is 0 Å². The summed E-state index contributed by atoms with van der Waals surface area (Å²) in [4.78, 5) is 25.2. The molecule has 0 aromatic carbocycles. The van der Waals surface area contributed by atoms with Crippen molar-refractivity contribution in [3.63, 3.8) is 0 Å². The first-order valence-corrected chi connectivity index (χ1v) is 5.11. The van der Waals surface area contributed by atoms with Gasteiger partial charge in [0.2, 0.25) is 11.8 Å². The highest BCUT2D eigenvalue weighted by atomic mass is 16.2. The Morgan fingerprint density at radius 2 is 1.67 bits per heavy atom. The summed E-state index contributed by atoms with van der Waals surface area (Å²) >= 11 is 0. The molecule has 0 radical (unpaired) electrons. The minimum Gasteiger partial charge on any atom is -0.274 e. The van der Waals surface area contributed by atoms with Crippen molar-refractivity contribution in [1.29, 1.82) is 0 Å². The van der Waals surface area contributed by atoms with Crippen molar-refractivity contribution in [1.82, 2.24) is 4.90 Å². The first kappa shape index (κ1) is 10.2. The van der Waals surface area contributed by atoms with E-state index in [1.807, 2.05) is 13.8 Å². The predicted octanol–water partition coefficient (Wildman–Crippen LogP) is 1.04. The van der Waals surface area contributed by atoms with Crippen molar-refractivity contribution >= 4 is 11.8 Å². The van der Waals surface area contributed by atoms with E-state index in [2.05, 4.69) is 5.92 Å². The molecule has 3 heteroatoms. The van der Waals surface area contributed by atoms with Gasteiger partial charge in [-0.05, 0) is 19.3 Å². The molecule has 15 heavy (non-hydrogen) atoms. The maximum atomic E-state index is 12.0. The Hall–Kier alpha value is -1.30. The molecule has 80 valence electrons. The summed E-state index contributed by atoms with van der Waals surface area (Å²) in [6, 6.07) is 0. The minimum atomic E-state index is -0.794. The highest BCUT2D eigenvalue weighted by Crippen LogP contribution is 2.64. The van der Waals surface area contributed by atoms with Gasteiger partial charge in [0.1, 0.15) is 5.54 Å². The third kappa shape index (κ3) is 1.02. The van der Waals surface area contributed by atoms with Crippen LogP contribution in [0.15, 0.2) is 0 Å². The van der Waals surface area contributed by atoms with Crippen LogP contribution < -0.4 is 0 Å². The minimum absolute atomic E-state index is 0.0991. The summed E-state index contributed by atoms with van der Waals surface area (Å²) in [5, 5.41) is 0. The largest absolute Gasteiger partial charge is 0.274 e. The van der Waals surface area contributed by atoms with Crippen LogP contribution in [0.3, 0.4) is 0 Å². The second-order valence-corrected chi connectivity index (χ2v) is 5.49. The van der Waals surface area contributed by atoms with E-state index in [9.17, 15) is 9.59 Å². The predicted molar refractivity (Wildman–Crippen MR) is 55.5 cm³/mol. The first-order chi connectivity index (χ1) is 6.75. The van der Waals surface area contributed by atoms with Crippen LogP contribution in [0.1, 0.15) is 27.7 Å². The van der Waals surface area contributed by atoms with Gasteiger partial charge in [-0.15, -0.1) is 6.42 Å². The average molecular weight is 205 g/mol. The third-order valence-electron chi connectivity index (χ3n) is 3.71. The van der Waals surface area contributed by atoms with Gasteiger partial charge in [-0.3, -0.25) is 14.5 Å². The van der Waals surface area contributed by atoms with Crippen LogP contribution in [0.4, 0.5) is 0 Å². The summed E-state index contributed by atoms with van der Waals surface area (Å²) in [5.74, 6) is 2.02. The van der Waals surface area contributed by atoms with Gasteiger partial charge in [-0.25, -0.2) is 0 Å². The van der Waals surface area contributed by atoms with Gasteiger partial charge in [0.15, 0.2) is 0 Å². The second kappa shape index (κ2) is 2.44. The number of likely N-dealkylation sites (tertiary alicyclic amines) is 1. The zero-order valence-corrected chi connectivity index (χ0v) is 9.50. The van der Waals surface area contributed by atoms with Crippen LogP contribution in [-0.4, -0.2) is 22.3 Å². The van der Waals surface area contributed by atoms with Gasteiger partial charge in [0.25, 0.3) is 0 Å². The molecule has 0 N–H and O–H groups in total. The standard InChI is InChI=1S/C12H15NO2/c1-6-11(2,3)13-9(14)7-8(10(13)15)12(7,4)5/h1,7-8H,2-5H3. The highest BCUT2D eigenvalue weighted by molar-refractivity contribution is 6.11. The maximum absolute atomic E-state index is 12.0. The highest BCUT2D eigenvalue weighted by Gasteiger charge is 2.73. The van der Waals surface area contributed by atoms with E-state index in [1.54, 1.807) is 13.8 Å². The second-order valence-electron chi connectivity index (χ2n) is 5.49. The molecular weight excluding hydrogens is 190 g/mol. The van der Waals surface area contributed by atoms with Crippen LogP contribution in [0, 0.1) is 29.6 Å². The molecule has 0 bridgehead atoms. The van der Waals surface area contributed by atoms with Crippen molar-refractivity contribution in [2.75, 3.05) is 0 Å². The monoisotopic (exact) mass is 205 g/mol. The quantitative estimate of drug-likeness (QED) is 0.474. The third-order valence-corrected chi connectivity index (χ3v) is 3.71. The number of amides is 2. The van der Waals surface area contributed by atoms with Gasteiger partial charge >= 0.3 is 0 Å². The number of nitrogens with zero attached hydrogens (tertiary/aromatic N) is 1. The molecule has 1 saturated heterocycles. The number of hydrogen-bond donors (Lipinski definition) is 0. The van der Waals surface area contributed by atoms with Crippen LogP contribution in [0.2, 0.25) is 0 Å². The lowest BCUT2D eigenvalue weighted by molar-refractivity contribution is -0.147. The molecule has 2 fully saturated rings. The molecular formula is C12H15NO2. The molecule has 0 spiro atoms. The summed E-state index contributed by atoms with van der Waals surface area (Å²) < 4.78 is 0. The Labute approximate surface area is 89.8 Å². The Morgan fingerprint density at radius 1 is 1.27 bits per heavy atom. The molecule has 2 amide bonds. The van der Waals surface area contributed by atoms with Crippen molar-refractivity contribution < 1.29 is 9.59 Å². The molecule has 0 aromatic rings. The van der Waals surface area contributed by atoms with E-state index in [0.717, 1.165) is 0 Å². The zero-order chi connectivity index (χ0) is 11.6. The van der Waals surface area contributed by atoms with E-state index < -0.39 is 5.54 Å². The Balaban J connectivity index is 2.34. The van der Waals surface area contributed by atoms with Crippen molar-refractivity contribution in [3.8, 4) is 12.3 Å². The summed E-state index contributed by atoms with van der Waals surface area (Å²) in [6.45, 7) is 7.36. The molecule has 1 aliphatic heterocycles. The van der Waals surface area contributed by atoms with E-state index in [-0.39, 0.29) is 29.1 Å². The average Bonchev–Trinajstić information content (AvgIpc) is 2.54. The molecule has 3 nitrogen and oxygen atoms in total. The summed E-state index contributed by atoms with van der Waals surface area (Å²) in [7, 11) is 0. The molecule has 1 heterocycles. The fourth-order valence-electron chi connectivity index (χ4n) is 2.56. The van der Waals surface area contributed by atoms with E-state index in [0.29, 0.717) is 0 Å². The van der Waals surface area contributed by atoms with E-state index in [1.165, 1.54) is 4.90 Å². The molecule has 1 aliphatic carbocycles. The lowest BCUT2D eigenvalue weighted by Crippen LogP contribution is -2.49. The topological polar surface area (TPSA) is 37.4 Å². The summed E-state index contributed by atoms with van der Waals surface area (Å²) in [6.07, 6.45) is 5.34. The number of carbonyl (C=O) groups excluding carboxylic acids is 2. The van der Waals surface area contributed by atoms with Gasteiger partial charge in [-0.1, -0.05) is 19.8 Å². The summed E-state index contributed by atoms with van der Waals surface area (Å²) in [5.41, 5.74) is -0.951. The smallest absolute Gasteiger partial charge is 0.234 e. The number of hydrogen-bond acceptors (Lipinski definition) is 2. The fourth-order valence-corrected chi connectivity index (χ4v) is 2.56. The number of fused-ring (bicyclic) bond motifs is 1. The van der Waals surface area contributed by atoms with Gasteiger partial charge < -0.3 is 0 Å².